The van der Waals surface area contributed by atoms with Gasteiger partial charge in [-0.05, 0) is 42.5 Å². The van der Waals surface area contributed by atoms with Crippen LogP contribution in [0.25, 0.3) is 0 Å². The van der Waals surface area contributed by atoms with Gasteiger partial charge in [-0.2, -0.15) is 5.26 Å². The minimum absolute atomic E-state index is 0.0537. The Labute approximate surface area is 129 Å². The molecular weight excluding hydrogens is 260 g/mol. The Morgan fingerprint density at radius 3 is 2.62 bits per heavy atom. The van der Waals surface area contributed by atoms with Crippen molar-refractivity contribution in [3.05, 3.63) is 29.3 Å². The summed E-state index contributed by atoms with van der Waals surface area (Å²) in [5.74, 6) is 0.940. The van der Waals surface area contributed by atoms with Crippen molar-refractivity contribution < 1.29 is 4.74 Å². The van der Waals surface area contributed by atoms with E-state index in [1.165, 1.54) is 11.1 Å². The first-order chi connectivity index (χ1) is 9.88. The topological polar surface area (TPSA) is 45.0 Å². The van der Waals surface area contributed by atoms with Crippen molar-refractivity contribution in [3.63, 3.8) is 0 Å². The molecule has 0 fully saturated rings. The van der Waals surface area contributed by atoms with Crippen LogP contribution in [0.3, 0.4) is 0 Å². The minimum Gasteiger partial charge on any atom is -0.493 e. The van der Waals surface area contributed by atoms with E-state index in [-0.39, 0.29) is 11.5 Å². The minimum atomic E-state index is -0.132. The largest absolute Gasteiger partial charge is 0.493 e. The summed E-state index contributed by atoms with van der Waals surface area (Å²) in [4.78, 5) is 0. The lowest BCUT2D eigenvalue weighted by molar-refractivity contribution is 0.290. The third-order valence-corrected chi connectivity index (χ3v) is 3.41. The van der Waals surface area contributed by atoms with Crippen molar-refractivity contribution in [2.24, 2.45) is 0 Å². The molecule has 0 spiro atoms. The zero-order chi connectivity index (χ0) is 15.9. The molecule has 3 heteroatoms. The lowest BCUT2D eigenvalue weighted by atomic mass is 9.86. The van der Waals surface area contributed by atoms with Crippen molar-refractivity contribution in [1.29, 1.82) is 5.26 Å². The van der Waals surface area contributed by atoms with Crippen LogP contribution >= 0.6 is 0 Å². The monoisotopic (exact) mass is 288 g/mol. The second-order valence-electron chi connectivity index (χ2n) is 6.52. The van der Waals surface area contributed by atoms with Gasteiger partial charge in [-0.3, -0.25) is 0 Å². The van der Waals surface area contributed by atoms with Gasteiger partial charge in [-0.15, -0.1) is 0 Å². The van der Waals surface area contributed by atoms with E-state index in [1.54, 1.807) is 0 Å². The average molecular weight is 288 g/mol. The average Bonchev–Trinajstić information content (AvgIpc) is 2.41. The fourth-order valence-electron chi connectivity index (χ4n) is 2.19. The van der Waals surface area contributed by atoms with Crippen LogP contribution in [0.2, 0.25) is 0 Å². The van der Waals surface area contributed by atoms with Crippen LogP contribution in [0.15, 0.2) is 18.2 Å². The normalized spacial score (nSPS) is 12.8. The standard InChI is InChI=1S/C18H28N2O/c1-6-10-20-15(13-19)9-11-21-17-12-14(2)7-8-16(17)18(3,4)5/h7-8,12,15,20H,6,9-11H2,1-5H3. The molecular formula is C18H28N2O. The van der Waals surface area contributed by atoms with Crippen LogP contribution in [0.5, 0.6) is 5.75 Å². The number of hydrogen-bond donors (Lipinski definition) is 1. The van der Waals surface area contributed by atoms with Crippen molar-refractivity contribution >= 4 is 0 Å². The van der Waals surface area contributed by atoms with Crippen LogP contribution in [0.4, 0.5) is 0 Å². The Hall–Kier alpha value is -1.53. The van der Waals surface area contributed by atoms with E-state index >= 15 is 0 Å². The van der Waals surface area contributed by atoms with Crippen LogP contribution in [-0.4, -0.2) is 19.2 Å². The maximum absolute atomic E-state index is 9.11. The second-order valence-corrected chi connectivity index (χ2v) is 6.52. The lowest BCUT2D eigenvalue weighted by Gasteiger charge is -2.23. The molecule has 0 amide bonds. The summed E-state index contributed by atoms with van der Waals surface area (Å²) in [6, 6.07) is 8.50. The van der Waals surface area contributed by atoms with Crippen LogP contribution in [-0.2, 0) is 5.41 Å². The van der Waals surface area contributed by atoms with E-state index in [2.05, 4.69) is 64.2 Å². The molecule has 0 aliphatic carbocycles. The Morgan fingerprint density at radius 2 is 2.05 bits per heavy atom. The summed E-state index contributed by atoms with van der Waals surface area (Å²) < 4.78 is 5.97. The Kier molecular flexibility index (Phi) is 6.71. The molecule has 116 valence electrons. The molecule has 3 nitrogen and oxygen atoms in total. The third kappa shape index (κ3) is 5.77. The summed E-state index contributed by atoms with van der Waals surface area (Å²) in [5.41, 5.74) is 2.46. The van der Waals surface area contributed by atoms with Gasteiger partial charge < -0.3 is 10.1 Å². The zero-order valence-corrected chi connectivity index (χ0v) is 14.0. The lowest BCUT2D eigenvalue weighted by Crippen LogP contribution is -2.30. The van der Waals surface area contributed by atoms with Gasteiger partial charge in [-0.25, -0.2) is 0 Å². The smallest absolute Gasteiger partial charge is 0.123 e. The summed E-state index contributed by atoms with van der Waals surface area (Å²) in [6.45, 7) is 12.2. The fraction of sp³-hybridized carbons (Fsp3) is 0.611. The summed E-state index contributed by atoms with van der Waals surface area (Å²) in [6.07, 6.45) is 1.74. The zero-order valence-electron chi connectivity index (χ0n) is 14.0. The molecule has 1 unspecified atom stereocenters. The molecule has 0 radical (unpaired) electrons. The number of nitrogens with one attached hydrogen (secondary N) is 1. The Morgan fingerprint density at radius 1 is 1.33 bits per heavy atom. The maximum atomic E-state index is 9.11. The number of rotatable bonds is 7. The Bertz CT molecular complexity index is 483. The van der Waals surface area contributed by atoms with Crippen LogP contribution in [0.1, 0.15) is 51.7 Å². The number of nitriles is 1. The predicted octanol–water partition coefficient (Wildman–Crippen LogP) is 3.95. The number of benzene rings is 1. The van der Waals surface area contributed by atoms with E-state index in [0.717, 1.165) is 18.7 Å². The van der Waals surface area contributed by atoms with Gasteiger partial charge in [0.25, 0.3) is 0 Å². The van der Waals surface area contributed by atoms with E-state index in [9.17, 15) is 0 Å². The van der Waals surface area contributed by atoms with Crippen molar-refractivity contribution in [1.82, 2.24) is 5.32 Å². The molecule has 1 rings (SSSR count). The molecule has 0 aromatic heterocycles. The molecule has 0 aliphatic heterocycles. The molecule has 1 atom stereocenters. The first kappa shape index (κ1) is 17.5. The predicted molar refractivity (Wildman–Crippen MR) is 87.7 cm³/mol. The van der Waals surface area contributed by atoms with Gasteiger partial charge in [0.05, 0.1) is 18.7 Å². The van der Waals surface area contributed by atoms with Gasteiger partial charge in [0.2, 0.25) is 0 Å². The van der Waals surface area contributed by atoms with Gasteiger partial charge >= 0.3 is 0 Å². The van der Waals surface area contributed by atoms with Gasteiger partial charge in [0.1, 0.15) is 5.75 Å². The molecule has 0 bridgehead atoms. The second kappa shape index (κ2) is 8.05. The molecule has 21 heavy (non-hydrogen) atoms. The van der Waals surface area contributed by atoms with E-state index < -0.39 is 0 Å². The van der Waals surface area contributed by atoms with Gasteiger partial charge in [0.15, 0.2) is 0 Å². The van der Waals surface area contributed by atoms with Gasteiger partial charge in [-0.1, -0.05) is 39.8 Å². The van der Waals surface area contributed by atoms with Crippen molar-refractivity contribution in [3.8, 4) is 11.8 Å². The Balaban J connectivity index is 2.67. The fourth-order valence-corrected chi connectivity index (χ4v) is 2.19. The third-order valence-electron chi connectivity index (χ3n) is 3.41. The number of nitrogens with zero attached hydrogens (tertiary/aromatic N) is 1. The molecule has 0 heterocycles. The highest BCUT2D eigenvalue weighted by atomic mass is 16.5. The summed E-state index contributed by atoms with van der Waals surface area (Å²) >= 11 is 0. The molecule has 0 saturated heterocycles. The quantitative estimate of drug-likeness (QED) is 0.826. The highest BCUT2D eigenvalue weighted by Crippen LogP contribution is 2.32. The summed E-state index contributed by atoms with van der Waals surface area (Å²) in [5, 5.41) is 12.3. The SMILES string of the molecule is CCCNC(C#N)CCOc1cc(C)ccc1C(C)(C)C. The van der Waals surface area contributed by atoms with E-state index in [4.69, 9.17) is 10.00 Å². The van der Waals surface area contributed by atoms with Gasteiger partial charge in [0, 0.05) is 6.42 Å². The van der Waals surface area contributed by atoms with E-state index in [1.807, 2.05) is 0 Å². The van der Waals surface area contributed by atoms with E-state index in [0.29, 0.717) is 13.0 Å². The number of aryl methyl sites for hydroxylation is 1. The molecule has 0 saturated carbocycles. The molecule has 1 N–H and O–H groups in total. The maximum Gasteiger partial charge on any atom is 0.123 e. The van der Waals surface area contributed by atoms with Crippen molar-refractivity contribution in [2.45, 2.75) is 58.9 Å². The first-order valence-corrected chi connectivity index (χ1v) is 7.75. The van der Waals surface area contributed by atoms with Crippen LogP contribution in [0, 0.1) is 18.3 Å². The van der Waals surface area contributed by atoms with Crippen molar-refractivity contribution in [2.75, 3.05) is 13.2 Å². The number of ether oxygens (including phenoxy) is 1. The highest BCUT2D eigenvalue weighted by molar-refractivity contribution is 5.41. The number of hydrogen-bond acceptors (Lipinski definition) is 3. The first-order valence-electron chi connectivity index (χ1n) is 7.75. The molecule has 1 aromatic carbocycles. The summed E-state index contributed by atoms with van der Waals surface area (Å²) in [7, 11) is 0. The molecule has 0 aliphatic rings. The highest BCUT2D eigenvalue weighted by Gasteiger charge is 2.19. The van der Waals surface area contributed by atoms with Crippen LogP contribution < -0.4 is 10.1 Å². The molecule has 1 aromatic rings.